The molecule has 1 saturated heterocycles. The van der Waals surface area contributed by atoms with Crippen LogP contribution in [0.25, 0.3) is 0 Å². The van der Waals surface area contributed by atoms with E-state index in [4.69, 9.17) is 5.73 Å². The Labute approximate surface area is 129 Å². The van der Waals surface area contributed by atoms with E-state index in [1.165, 1.54) is 6.07 Å². The highest BCUT2D eigenvalue weighted by atomic mass is 19.1. The molecule has 120 valence electrons. The van der Waals surface area contributed by atoms with Gasteiger partial charge in [-0.15, -0.1) is 0 Å². The third kappa shape index (κ3) is 4.27. The zero-order valence-electron chi connectivity index (χ0n) is 12.8. The van der Waals surface area contributed by atoms with Crippen LogP contribution in [0.5, 0.6) is 0 Å². The number of nitrogens with two attached hydrogens (primary N) is 1. The summed E-state index contributed by atoms with van der Waals surface area (Å²) >= 11 is 0. The summed E-state index contributed by atoms with van der Waals surface area (Å²) < 4.78 is 13.6. The van der Waals surface area contributed by atoms with Gasteiger partial charge < -0.3 is 15.5 Å². The molecule has 2 rings (SSSR count). The van der Waals surface area contributed by atoms with Crippen LogP contribution in [0.4, 0.5) is 4.39 Å². The van der Waals surface area contributed by atoms with Gasteiger partial charge in [0.2, 0.25) is 11.8 Å². The maximum absolute atomic E-state index is 13.6. The Morgan fingerprint density at radius 1 is 1.14 bits per heavy atom. The maximum Gasteiger partial charge on any atom is 0.227 e. The van der Waals surface area contributed by atoms with Crippen LogP contribution in [0.1, 0.15) is 18.9 Å². The Bertz CT molecular complexity index is 540. The molecule has 6 heteroatoms. The molecule has 0 aliphatic carbocycles. The fraction of sp³-hybridized carbons (Fsp3) is 0.500. The minimum atomic E-state index is -0.360. The molecule has 0 bridgehead atoms. The molecule has 1 unspecified atom stereocenters. The van der Waals surface area contributed by atoms with Crippen LogP contribution < -0.4 is 5.73 Å². The summed E-state index contributed by atoms with van der Waals surface area (Å²) in [5.41, 5.74) is 6.03. The predicted molar refractivity (Wildman–Crippen MR) is 81.5 cm³/mol. The molecule has 1 aromatic rings. The summed E-state index contributed by atoms with van der Waals surface area (Å²) in [5.74, 6) is -0.442. The molecule has 1 atom stereocenters. The summed E-state index contributed by atoms with van der Waals surface area (Å²) in [4.78, 5) is 27.5. The molecule has 0 spiro atoms. The van der Waals surface area contributed by atoms with Gasteiger partial charge >= 0.3 is 0 Å². The van der Waals surface area contributed by atoms with E-state index in [9.17, 15) is 14.0 Å². The van der Waals surface area contributed by atoms with Crippen LogP contribution in [0.2, 0.25) is 0 Å². The molecule has 22 heavy (non-hydrogen) atoms. The third-order valence-electron chi connectivity index (χ3n) is 3.78. The van der Waals surface area contributed by atoms with Gasteiger partial charge in [-0.3, -0.25) is 9.59 Å². The lowest BCUT2D eigenvalue weighted by atomic mass is 10.1. The first-order valence-electron chi connectivity index (χ1n) is 7.52. The van der Waals surface area contributed by atoms with Crippen LogP contribution in [-0.4, -0.2) is 53.8 Å². The van der Waals surface area contributed by atoms with Crippen molar-refractivity contribution in [2.45, 2.75) is 25.8 Å². The Morgan fingerprint density at radius 2 is 1.68 bits per heavy atom. The minimum Gasteiger partial charge on any atom is -0.339 e. The Morgan fingerprint density at radius 3 is 2.23 bits per heavy atom. The number of halogens is 1. The van der Waals surface area contributed by atoms with Crippen molar-refractivity contribution >= 4 is 11.8 Å². The molecule has 1 aliphatic heterocycles. The molecule has 0 saturated carbocycles. The van der Waals surface area contributed by atoms with Gasteiger partial charge in [0.15, 0.2) is 0 Å². The minimum absolute atomic E-state index is 0.0243. The van der Waals surface area contributed by atoms with Crippen molar-refractivity contribution in [2.75, 3.05) is 26.2 Å². The summed E-state index contributed by atoms with van der Waals surface area (Å²) in [7, 11) is 0. The first kappa shape index (κ1) is 16.4. The second-order valence-corrected chi connectivity index (χ2v) is 5.71. The quantitative estimate of drug-likeness (QED) is 0.894. The number of carbonyl (C=O) groups excluding carboxylic acids is 2. The van der Waals surface area contributed by atoms with Gasteiger partial charge in [0.1, 0.15) is 5.82 Å². The first-order chi connectivity index (χ1) is 10.5. The van der Waals surface area contributed by atoms with Crippen molar-refractivity contribution in [3.63, 3.8) is 0 Å². The molecule has 1 aliphatic rings. The molecule has 0 aromatic heterocycles. The Balaban J connectivity index is 1.85. The highest BCUT2D eigenvalue weighted by molar-refractivity contribution is 5.80. The summed E-state index contributed by atoms with van der Waals surface area (Å²) in [6, 6.07) is 6.14. The van der Waals surface area contributed by atoms with Crippen molar-refractivity contribution in [3.05, 3.63) is 35.6 Å². The third-order valence-corrected chi connectivity index (χ3v) is 3.78. The van der Waals surface area contributed by atoms with Crippen molar-refractivity contribution in [1.29, 1.82) is 0 Å². The van der Waals surface area contributed by atoms with Crippen LogP contribution >= 0.6 is 0 Å². The lowest BCUT2D eigenvalue weighted by Gasteiger charge is -2.35. The van der Waals surface area contributed by atoms with Crippen molar-refractivity contribution < 1.29 is 14.0 Å². The highest BCUT2D eigenvalue weighted by Gasteiger charge is 2.24. The van der Waals surface area contributed by atoms with Gasteiger partial charge in [-0.2, -0.15) is 0 Å². The van der Waals surface area contributed by atoms with Crippen molar-refractivity contribution in [2.24, 2.45) is 5.73 Å². The van der Waals surface area contributed by atoms with Crippen LogP contribution in [0.3, 0.4) is 0 Å². The number of rotatable bonds is 4. The molecule has 5 nitrogen and oxygen atoms in total. The number of carbonyl (C=O) groups is 2. The standard InChI is InChI=1S/C16H22FN3O2/c1-12(18)10-15(21)19-6-8-20(9-7-19)16(22)11-13-4-2-3-5-14(13)17/h2-5,12H,6-11,18H2,1H3. The fourth-order valence-corrected chi connectivity index (χ4v) is 2.53. The summed E-state index contributed by atoms with van der Waals surface area (Å²) in [6.45, 7) is 3.78. The van der Waals surface area contributed by atoms with Crippen LogP contribution in [-0.2, 0) is 16.0 Å². The summed E-state index contributed by atoms with van der Waals surface area (Å²) in [6.07, 6.45) is 0.379. The number of piperazine rings is 1. The van der Waals surface area contributed by atoms with E-state index in [1.807, 2.05) is 0 Å². The molecule has 1 heterocycles. The molecular formula is C16H22FN3O2. The Kier molecular flexibility index (Phi) is 5.49. The van der Waals surface area contributed by atoms with Crippen LogP contribution in [0.15, 0.2) is 24.3 Å². The number of nitrogens with zero attached hydrogens (tertiary/aromatic N) is 2. The lowest BCUT2D eigenvalue weighted by Crippen LogP contribution is -2.51. The van der Waals surface area contributed by atoms with Gasteiger partial charge in [-0.1, -0.05) is 18.2 Å². The average molecular weight is 307 g/mol. The molecular weight excluding hydrogens is 285 g/mol. The van der Waals surface area contributed by atoms with Crippen molar-refractivity contribution in [1.82, 2.24) is 9.80 Å². The number of amides is 2. The van der Waals surface area contributed by atoms with E-state index >= 15 is 0 Å². The second-order valence-electron chi connectivity index (χ2n) is 5.71. The second kappa shape index (κ2) is 7.35. The van der Waals surface area contributed by atoms with Gasteiger partial charge in [-0.25, -0.2) is 4.39 Å². The number of hydrogen-bond acceptors (Lipinski definition) is 3. The molecule has 1 fully saturated rings. The number of hydrogen-bond donors (Lipinski definition) is 1. The maximum atomic E-state index is 13.6. The van der Waals surface area contributed by atoms with E-state index in [1.54, 1.807) is 34.9 Å². The SMILES string of the molecule is CC(N)CC(=O)N1CCN(C(=O)Cc2ccccc2F)CC1. The highest BCUT2D eigenvalue weighted by Crippen LogP contribution is 2.11. The molecule has 2 amide bonds. The van der Waals surface area contributed by atoms with E-state index in [2.05, 4.69) is 0 Å². The van der Waals surface area contributed by atoms with Gasteiger partial charge in [0.25, 0.3) is 0 Å². The Hall–Kier alpha value is -1.95. The van der Waals surface area contributed by atoms with E-state index in [0.717, 1.165) is 0 Å². The van der Waals surface area contributed by atoms with E-state index in [-0.39, 0.29) is 30.1 Å². The van der Waals surface area contributed by atoms with E-state index in [0.29, 0.717) is 38.2 Å². The summed E-state index contributed by atoms with van der Waals surface area (Å²) in [5, 5.41) is 0. The van der Waals surface area contributed by atoms with Gasteiger partial charge in [-0.05, 0) is 18.6 Å². The average Bonchev–Trinajstić information content (AvgIpc) is 2.49. The molecule has 1 aromatic carbocycles. The predicted octanol–water partition coefficient (Wildman–Crippen LogP) is 0.776. The number of benzene rings is 1. The lowest BCUT2D eigenvalue weighted by molar-refractivity contribution is -0.139. The van der Waals surface area contributed by atoms with E-state index < -0.39 is 0 Å². The molecule has 2 N–H and O–H groups in total. The van der Waals surface area contributed by atoms with Gasteiger partial charge in [0, 0.05) is 38.6 Å². The topological polar surface area (TPSA) is 66.6 Å². The van der Waals surface area contributed by atoms with Gasteiger partial charge in [0.05, 0.1) is 6.42 Å². The smallest absolute Gasteiger partial charge is 0.227 e. The monoisotopic (exact) mass is 307 g/mol. The largest absolute Gasteiger partial charge is 0.339 e. The zero-order chi connectivity index (χ0) is 16.1. The zero-order valence-corrected chi connectivity index (χ0v) is 12.8. The normalized spacial score (nSPS) is 16.5. The molecule has 0 radical (unpaired) electrons. The van der Waals surface area contributed by atoms with Crippen molar-refractivity contribution in [3.8, 4) is 0 Å². The fourth-order valence-electron chi connectivity index (χ4n) is 2.53. The van der Waals surface area contributed by atoms with Crippen LogP contribution in [0, 0.1) is 5.82 Å². The first-order valence-corrected chi connectivity index (χ1v) is 7.52.